The normalized spacial score (nSPS) is 29.6. The Kier molecular flexibility index (Phi) is 6.82. The Balaban J connectivity index is 2.83. The number of hydrogen-bond donors (Lipinski definition) is 0. The van der Waals surface area contributed by atoms with Crippen molar-refractivity contribution >= 4 is 14.1 Å². The van der Waals surface area contributed by atoms with Gasteiger partial charge in [0.1, 0.15) is 0 Å². The molecular formula is C18H30O2Si. The third-order valence-corrected chi connectivity index (χ3v) is 5.95. The van der Waals surface area contributed by atoms with E-state index in [0.717, 1.165) is 30.9 Å². The molecule has 0 aromatic carbocycles. The van der Waals surface area contributed by atoms with Crippen LogP contribution in [0.15, 0.2) is 36.0 Å². The van der Waals surface area contributed by atoms with E-state index in [0.29, 0.717) is 0 Å². The summed E-state index contributed by atoms with van der Waals surface area (Å²) in [5.74, 6) is 0.101. The lowest BCUT2D eigenvalue weighted by Gasteiger charge is -2.20. The van der Waals surface area contributed by atoms with Gasteiger partial charge in [-0.3, -0.25) is 4.79 Å². The van der Waals surface area contributed by atoms with Gasteiger partial charge in [0.15, 0.2) is 14.1 Å². The van der Waals surface area contributed by atoms with Gasteiger partial charge in [0.2, 0.25) is 0 Å². The van der Waals surface area contributed by atoms with E-state index in [1.807, 2.05) is 6.92 Å². The first-order chi connectivity index (χ1) is 9.70. The van der Waals surface area contributed by atoms with E-state index < -0.39 is 8.32 Å². The van der Waals surface area contributed by atoms with E-state index in [1.54, 1.807) is 6.08 Å². The van der Waals surface area contributed by atoms with Crippen molar-refractivity contribution < 1.29 is 9.22 Å². The maximum Gasteiger partial charge on any atom is 0.191 e. The average molecular weight is 307 g/mol. The highest BCUT2D eigenvalue weighted by molar-refractivity contribution is 6.71. The Morgan fingerprint density at radius 3 is 2.67 bits per heavy atom. The summed E-state index contributed by atoms with van der Waals surface area (Å²) in [6.45, 7) is 11.1. The second-order valence-electron chi connectivity index (χ2n) is 7.34. The molecule has 0 saturated carbocycles. The zero-order valence-electron chi connectivity index (χ0n) is 14.2. The van der Waals surface area contributed by atoms with Gasteiger partial charge in [0, 0.05) is 0 Å². The van der Waals surface area contributed by atoms with E-state index in [-0.39, 0.29) is 17.8 Å². The summed E-state index contributed by atoms with van der Waals surface area (Å²) < 4.78 is 5.88. The van der Waals surface area contributed by atoms with Crippen molar-refractivity contribution in [1.82, 2.24) is 0 Å². The average Bonchev–Trinajstić information content (AvgIpc) is 2.35. The summed E-state index contributed by atoms with van der Waals surface area (Å²) in [7, 11) is -1.78. The smallest absolute Gasteiger partial charge is 0.191 e. The Morgan fingerprint density at radius 1 is 1.24 bits per heavy atom. The van der Waals surface area contributed by atoms with Gasteiger partial charge in [0.05, 0.1) is 6.61 Å². The van der Waals surface area contributed by atoms with Crippen LogP contribution in [0.25, 0.3) is 0 Å². The Bertz CT molecular complexity index is 442. The summed E-state index contributed by atoms with van der Waals surface area (Å²) in [5.41, 5.74) is 1.37. The van der Waals surface area contributed by atoms with E-state index in [4.69, 9.17) is 4.43 Å². The number of ketones is 1. The van der Waals surface area contributed by atoms with Crippen molar-refractivity contribution in [3.63, 3.8) is 0 Å². The molecule has 118 valence electrons. The summed E-state index contributed by atoms with van der Waals surface area (Å²) in [5, 5.41) is 0. The van der Waals surface area contributed by atoms with Crippen molar-refractivity contribution in [3.05, 3.63) is 36.0 Å². The molecule has 3 heteroatoms. The minimum Gasteiger partial charge on any atom is -0.409 e. The molecule has 0 aliphatic carbocycles. The van der Waals surface area contributed by atoms with Crippen LogP contribution in [0, 0.1) is 5.41 Å². The van der Waals surface area contributed by atoms with E-state index in [1.165, 1.54) is 0 Å². The molecule has 0 aromatic heterocycles. The predicted octanol–water partition coefficient (Wildman–Crippen LogP) is 5.05. The highest BCUT2D eigenvalue weighted by atomic mass is 28.4. The second-order valence-corrected chi connectivity index (χ2v) is 11.6. The zero-order valence-corrected chi connectivity index (χ0v) is 15.2. The summed E-state index contributed by atoms with van der Waals surface area (Å²) in [6, 6.07) is 0.938. The molecule has 0 fully saturated rings. The molecule has 0 bridgehead atoms. The fraction of sp³-hybridized carbons (Fsp3) is 0.611. The Morgan fingerprint density at radius 2 is 1.95 bits per heavy atom. The van der Waals surface area contributed by atoms with Crippen LogP contribution in [-0.2, 0) is 9.22 Å². The van der Waals surface area contributed by atoms with E-state index >= 15 is 0 Å². The molecule has 1 rings (SSSR count). The largest absolute Gasteiger partial charge is 0.409 e. The van der Waals surface area contributed by atoms with Crippen LogP contribution in [-0.4, -0.2) is 20.7 Å². The lowest BCUT2D eigenvalue weighted by molar-refractivity contribution is -0.116. The molecule has 0 N–H and O–H groups in total. The van der Waals surface area contributed by atoms with Crippen molar-refractivity contribution in [3.8, 4) is 0 Å². The molecule has 1 heterocycles. The van der Waals surface area contributed by atoms with Crippen LogP contribution in [0.5, 0.6) is 0 Å². The van der Waals surface area contributed by atoms with Crippen LogP contribution < -0.4 is 0 Å². The van der Waals surface area contributed by atoms with Gasteiger partial charge in [-0.2, -0.15) is 0 Å². The number of carbonyl (C=O) groups excluding carboxylic acids is 1. The second kappa shape index (κ2) is 7.90. The quantitative estimate of drug-likeness (QED) is 0.586. The molecule has 21 heavy (non-hydrogen) atoms. The highest BCUT2D eigenvalue weighted by Gasteiger charge is 2.21. The molecule has 0 unspecified atom stereocenters. The summed E-state index contributed by atoms with van der Waals surface area (Å²) >= 11 is 0. The van der Waals surface area contributed by atoms with Gasteiger partial charge in [-0.05, 0) is 56.8 Å². The van der Waals surface area contributed by atoms with Gasteiger partial charge in [-0.15, -0.1) is 0 Å². The van der Waals surface area contributed by atoms with Crippen LogP contribution in [0.3, 0.4) is 0 Å². The number of allylic oxidation sites excluding steroid dienone is 5. The zero-order chi connectivity index (χ0) is 15.9. The Hall–Kier alpha value is -0.933. The first-order valence-corrected chi connectivity index (χ1v) is 11.0. The van der Waals surface area contributed by atoms with Crippen molar-refractivity contribution in [2.45, 2.75) is 59.2 Å². The first kappa shape index (κ1) is 18.1. The highest BCUT2D eigenvalue weighted by Crippen LogP contribution is 2.26. The van der Waals surface area contributed by atoms with Crippen LogP contribution >= 0.6 is 0 Å². The van der Waals surface area contributed by atoms with Gasteiger partial charge in [-0.25, -0.2) is 0 Å². The molecule has 0 aromatic rings. The van der Waals surface area contributed by atoms with E-state index in [9.17, 15) is 4.79 Å². The molecule has 2 nitrogen and oxygen atoms in total. The monoisotopic (exact) mass is 306 g/mol. The number of hydrogen-bond acceptors (Lipinski definition) is 2. The third-order valence-electron chi connectivity index (χ3n) is 3.81. The van der Waals surface area contributed by atoms with Crippen molar-refractivity contribution in [2.24, 2.45) is 5.41 Å². The Labute approximate surface area is 131 Å². The molecule has 0 spiro atoms. The number of carbonyl (C=O) groups is 1. The van der Waals surface area contributed by atoms with Gasteiger partial charge in [0.25, 0.3) is 0 Å². The van der Waals surface area contributed by atoms with E-state index in [2.05, 4.69) is 51.2 Å². The van der Waals surface area contributed by atoms with Crippen LogP contribution in [0.1, 0.15) is 40.0 Å². The van der Waals surface area contributed by atoms with Crippen molar-refractivity contribution in [1.29, 1.82) is 0 Å². The molecule has 0 atom stereocenters. The standard InChI is InChI=1S/C18H30O2Si/c1-16-10-9-12-18(2,3)11-7-6-8-13-21(4,5)20-15-17(19)14-16/h6-8,11,14H,9-10,12-13,15H2,1-5H3/b8-6-,11-7+,16-14+. The maximum atomic E-state index is 11.9. The molecule has 0 saturated heterocycles. The molecule has 1 aliphatic heterocycles. The summed E-state index contributed by atoms with van der Waals surface area (Å²) in [4.78, 5) is 11.9. The molecule has 0 amide bonds. The van der Waals surface area contributed by atoms with Gasteiger partial charge in [-0.1, -0.05) is 43.7 Å². The molecule has 0 radical (unpaired) electrons. The third kappa shape index (κ3) is 8.17. The summed E-state index contributed by atoms with van der Waals surface area (Å²) in [6.07, 6.45) is 13.7. The number of rotatable bonds is 0. The van der Waals surface area contributed by atoms with Crippen LogP contribution in [0.4, 0.5) is 0 Å². The predicted molar refractivity (Wildman–Crippen MR) is 92.9 cm³/mol. The minimum atomic E-state index is -1.78. The molecule has 1 aliphatic rings. The lowest BCUT2D eigenvalue weighted by Crippen LogP contribution is -2.31. The lowest BCUT2D eigenvalue weighted by atomic mass is 9.86. The van der Waals surface area contributed by atoms with Gasteiger partial charge >= 0.3 is 0 Å². The van der Waals surface area contributed by atoms with Gasteiger partial charge < -0.3 is 4.43 Å². The SMILES string of the molecule is C/C1=C\C(=O)CO[Si](C)(C)C/C=C\C=C\C(C)(C)CCC1. The van der Waals surface area contributed by atoms with Crippen LogP contribution in [0.2, 0.25) is 19.1 Å². The van der Waals surface area contributed by atoms with Crippen molar-refractivity contribution in [2.75, 3.05) is 6.61 Å². The first-order valence-electron chi connectivity index (χ1n) is 7.89. The molecular weight excluding hydrogens is 276 g/mol. The maximum absolute atomic E-state index is 11.9. The minimum absolute atomic E-state index is 0.101. The fourth-order valence-corrected chi connectivity index (χ4v) is 3.72. The fourth-order valence-electron chi connectivity index (χ4n) is 2.37. The topological polar surface area (TPSA) is 26.3 Å².